The molecule has 0 aliphatic carbocycles. The SMILES string of the molecule is CC(C)CNCc1ccc(OCC(=O)N2CCCC2)cc1. The first-order valence-corrected chi connectivity index (χ1v) is 7.85. The summed E-state index contributed by atoms with van der Waals surface area (Å²) in [7, 11) is 0. The molecule has 0 bridgehead atoms. The van der Waals surface area contributed by atoms with Gasteiger partial charge in [0.1, 0.15) is 5.75 Å². The average molecular weight is 290 g/mol. The van der Waals surface area contributed by atoms with Gasteiger partial charge in [-0.15, -0.1) is 0 Å². The molecule has 21 heavy (non-hydrogen) atoms. The molecule has 0 atom stereocenters. The molecule has 1 aromatic rings. The topological polar surface area (TPSA) is 41.6 Å². The monoisotopic (exact) mass is 290 g/mol. The number of likely N-dealkylation sites (tertiary alicyclic amines) is 1. The van der Waals surface area contributed by atoms with E-state index >= 15 is 0 Å². The summed E-state index contributed by atoms with van der Waals surface area (Å²) in [5.74, 6) is 1.51. The predicted octanol–water partition coefficient (Wildman–Crippen LogP) is 2.43. The number of hydrogen-bond donors (Lipinski definition) is 1. The van der Waals surface area contributed by atoms with Crippen molar-refractivity contribution in [1.29, 1.82) is 0 Å². The van der Waals surface area contributed by atoms with Crippen molar-refractivity contribution in [3.05, 3.63) is 29.8 Å². The molecule has 1 aliphatic heterocycles. The lowest BCUT2D eigenvalue weighted by atomic mass is 10.2. The second-order valence-electron chi connectivity index (χ2n) is 6.05. The van der Waals surface area contributed by atoms with Crippen LogP contribution in [0.25, 0.3) is 0 Å². The van der Waals surface area contributed by atoms with E-state index < -0.39 is 0 Å². The van der Waals surface area contributed by atoms with E-state index in [4.69, 9.17) is 4.74 Å². The van der Waals surface area contributed by atoms with E-state index in [1.807, 2.05) is 29.2 Å². The van der Waals surface area contributed by atoms with Crippen molar-refractivity contribution in [2.45, 2.75) is 33.2 Å². The molecule has 0 radical (unpaired) electrons. The lowest BCUT2D eigenvalue weighted by Crippen LogP contribution is -2.32. The first-order chi connectivity index (χ1) is 10.1. The first kappa shape index (κ1) is 15.8. The first-order valence-electron chi connectivity index (χ1n) is 7.85. The van der Waals surface area contributed by atoms with Crippen LogP contribution < -0.4 is 10.1 Å². The van der Waals surface area contributed by atoms with Crippen molar-refractivity contribution < 1.29 is 9.53 Å². The van der Waals surface area contributed by atoms with Gasteiger partial charge in [-0.2, -0.15) is 0 Å². The fourth-order valence-electron chi connectivity index (χ4n) is 2.41. The Balaban J connectivity index is 1.72. The molecule has 0 saturated carbocycles. The minimum atomic E-state index is 0.0928. The highest BCUT2D eigenvalue weighted by Gasteiger charge is 2.17. The summed E-state index contributed by atoms with van der Waals surface area (Å²) in [5.41, 5.74) is 1.23. The second-order valence-corrected chi connectivity index (χ2v) is 6.05. The summed E-state index contributed by atoms with van der Waals surface area (Å²) in [6, 6.07) is 7.96. The molecule has 4 heteroatoms. The molecule has 4 nitrogen and oxygen atoms in total. The van der Waals surface area contributed by atoms with Gasteiger partial charge < -0.3 is 15.0 Å². The largest absolute Gasteiger partial charge is 0.484 e. The minimum absolute atomic E-state index is 0.0928. The van der Waals surface area contributed by atoms with Crippen molar-refractivity contribution in [2.75, 3.05) is 26.2 Å². The minimum Gasteiger partial charge on any atom is -0.484 e. The van der Waals surface area contributed by atoms with Crippen molar-refractivity contribution >= 4 is 5.91 Å². The molecule has 1 N–H and O–H groups in total. The van der Waals surface area contributed by atoms with Crippen LogP contribution in [-0.2, 0) is 11.3 Å². The molecule has 0 spiro atoms. The zero-order chi connectivity index (χ0) is 15.1. The van der Waals surface area contributed by atoms with Crippen molar-refractivity contribution in [2.24, 2.45) is 5.92 Å². The molecule has 0 aromatic heterocycles. The van der Waals surface area contributed by atoms with E-state index in [9.17, 15) is 4.79 Å². The lowest BCUT2D eigenvalue weighted by molar-refractivity contribution is -0.132. The summed E-state index contributed by atoms with van der Waals surface area (Å²) in [5, 5.41) is 3.41. The Bertz CT molecular complexity index is 437. The van der Waals surface area contributed by atoms with Gasteiger partial charge in [0.05, 0.1) is 0 Å². The quantitative estimate of drug-likeness (QED) is 0.838. The van der Waals surface area contributed by atoms with Crippen molar-refractivity contribution in [3.63, 3.8) is 0 Å². The third kappa shape index (κ3) is 5.38. The van der Waals surface area contributed by atoms with Crippen LogP contribution in [0.1, 0.15) is 32.3 Å². The van der Waals surface area contributed by atoms with Crippen molar-refractivity contribution in [3.8, 4) is 5.75 Å². The highest BCUT2D eigenvalue weighted by Crippen LogP contribution is 2.13. The van der Waals surface area contributed by atoms with Crippen LogP contribution in [0.15, 0.2) is 24.3 Å². The van der Waals surface area contributed by atoms with Gasteiger partial charge in [0.2, 0.25) is 0 Å². The Morgan fingerprint density at radius 3 is 2.52 bits per heavy atom. The van der Waals surface area contributed by atoms with E-state index in [1.165, 1.54) is 5.56 Å². The van der Waals surface area contributed by atoms with Gasteiger partial charge in [-0.3, -0.25) is 4.79 Å². The van der Waals surface area contributed by atoms with E-state index in [0.29, 0.717) is 5.92 Å². The summed E-state index contributed by atoms with van der Waals surface area (Å²) in [6.45, 7) is 8.17. The Labute approximate surface area is 127 Å². The number of hydrogen-bond acceptors (Lipinski definition) is 3. The summed E-state index contributed by atoms with van der Waals surface area (Å²) >= 11 is 0. The summed E-state index contributed by atoms with van der Waals surface area (Å²) in [4.78, 5) is 13.8. The number of rotatable bonds is 7. The maximum atomic E-state index is 11.9. The molecule has 116 valence electrons. The van der Waals surface area contributed by atoms with Crippen LogP contribution in [-0.4, -0.2) is 37.0 Å². The van der Waals surface area contributed by atoms with Crippen LogP contribution >= 0.6 is 0 Å². The standard InChI is InChI=1S/C17H26N2O2/c1-14(2)11-18-12-15-5-7-16(8-6-15)21-13-17(20)19-9-3-4-10-19/h5-8,14,18H,3-4,9-13H2,1-2H3. The van der Waals surface area contributed by atoms with Gasteiger partial charge >= 0.3 is 0 Å². The fourth-order valence-corrected chi connectivity index (χ4v) is 2.41. The average Bonchev–Trinajstić information content (AvgIpc) is 3.00. The molecule has 1 fully saturated rings. The third-order valence-electron chi connectivity index (χ3n) is 3.63. The molecular formula is C17H26N2O2. The molecule has 0 unspecified atom stereocenters. The maximum Gasteiger partial charge on any atom is 0.260 e. The molecule has 1 aromatic carbocycles. The zero-order valence-electron chi connectivity index (χ0n) is 13.1. The summed E-state index contributed by atoms with van der Waals surface area (Å²) in [6.07, 6.45) is 2.23. The molecular weight excluding hydrogens is 264 g/mol. The highest BCUT2D eigenvalue weighted by atomic mass is 16.5. The van der Waals surface area contributed by atoms with Gasteiger partial charge in [0.25, 0.3) is 5.91 Å². The number of carbonyl (C=O) groups excluding carboxylic acids is 1. The highest BCUT2D eigenvalue weighted by molar-refractivity contribution is 5.78. The number of carbonyl (C=O) groups is 1. The molecule has 1 heterocycles. The molecule has 1 amide bonds. The van der Waals surface area contributed by atoms with Crippen molar-refractivity contribution in [1.82, 2.24) is 10.2 Å². The smallest absolute Gasteiger partial charge is 0.260 e. The number of nitrogens with one attached hydrogen (secondary N) is 1. The Morgan fingerprint density at radius 1 is 1.24 bits per heavy atom. The van der Waals surface area contributed by atoms with E-state index in [2.05, 4.69) is 19.2 Å². The second kappa shape index (κ2) is 8.03. The van der Waals surface area contributed by atoms with Crippen LogP contribution in [0.3, 0.4) is 0 Å². The van der Waals surface area contributed by atoms with E-state index in [0.717, 1.165) is 44.8 Å². The van der Waals surface area contributed by atoms with E-state index in [-0.39, 0.29) is 12.5 Å². The fraction of sp³-hybridized carbons (Fsp3) is 0.588. The number of benzene rings is 1. The zero-order valence-corrected chi connectivity index (χ0v) is 13.1. The Kier molecular flexibility index (Phi) is 6.05. The molecule has 1 saturated heterocycles. The maximum absolute atomic E-state index is 11.9. The van der Waals surface area contributed by atoms with Gasteiger partial charge in [-0.1, -0.05) is 26.0 Å². The molecule has 1 aliphatic rings. The third-order valence-corrected chi connectivity index (χ3v) is 3.63. The number of ether oxygens (including phenoxy) is 1. The van der Waals surface area contributed by atoms with Gasteiger partial charge in [-0.05, 0) is 43.0 Å². The van der Waals surface area contributed by atoms with Crippen LogP contribution in [0.4, 0.5) is 0 Å². The van der Waals surface area contributed by atoms with Crippen LogP contribution in [0.2, 0.25) is 0 Å². The Morgan fingerprint density at radius 2 is 1.90 bits per heavy atom. The Hall–Kier alpha value is -1.55. The summed E-state index contributed by atoms with van der Waals surface area (Å²) < 4.78 is 5.57. The van der Waals surface area contributed by atoms with E-state index in [1.54, 1.807) is 0 Å². The van der Waals surface area contributed by atoms with Gasteiger partial charge in [-0.25, -0.2) is 0 Å². The van der Waals surface area contributed by atoms with Gasteiger partial charge in [0, 0.05) is 19.6 Å². The van der Waals surface area contributed by atoms with Gasteiger partial charge in [0.15, 0.2) is 6.61 Å². The molecule has 2 rings (SSSR count). The number of nitrogens with zero attached hydrogens (tertiary/aromatic N) is 1. The lowest BCUT2D eigenvalue weighted by Gasteiger charge is -2.15. The normalized spacial score (nSPS) is 14.7. The predicted molar refractivity (Wildman–Crippen MR) is 84.3 cm³/mol. The number of amides is 1. The van der Waals surface area contributed by atoms with Crippen LogP contribution in [0, 0.1) is 5.92 Å². The van der Waals surface area contributed by atoms with Crippen LogP contribution in [0.5, 0.6) is 5.75 Å².